The molecular formula is C28H44N2O2. The van der Waals surface area contributed by atoms with Crippen LogP contribution in [0.5, 0.6) is 11.5 Å². The maximum atomic E-state index is 5.87. The molecule has 178 valence electrons. The molecule has 2 rings (SSSR count). The number of unbranched alkanes of at least 4 members (excludes halogenated alkanes) is 3. The standard InChI is InChI=1S/C28H44N2O2/c1-5-7-11-23(3)29-25-13-17-27(18-14-25)31-21-9-10-22-32-28-19-15-26(16-20-28)30-24(4)12-8-6-2/h13-20,23-24,29-30H,5-12,21-22H2,1-4H3. The van der Waals surface area contributed by atoms with E-state index in [4.69, 9.17) is 9.47 Å². The number of hydrogen-bond acceptors (Lipinski definition) is 4. The van der Waals surface area contributed by atoms with Crippen LogP contribution < -0.4 is 20.1 Å². The Labute approximate surface area is 196 Å². The van der Waals surface area contributed by atoms with Crippen molar-refractivity contribution in [1.29, 1.82) is 0 Å². The van der Waals surface area contributed by atoms with Crippen molar-refractivity contribution in [2.75, 3.05) is 23.8 Å². The topological polar surface area (TPSA) is 42.5 Å². The number of anilines is 2. The van der Waals surface area contributed by atoms with Crippen LogP contribution in [0.4, 0.5) is 11.4 Å². The maximum absolute atomic E-state index is 5.87. The van der Waals surface area contributed by atoms with Gasteiger partial charge >= 0.3 is 0 Å². The SMILES string of the molecule is CCCCC(C)Nc1ccc(OCCCCOc2ccc(NC(C)CCCC)cc2)cc1. The van der Waals surface area contributed by atoms with Gasteiger partial charge in [0.15, 0.2) is 0 Å². The van der Waals surface area contributed by atoms with E-state index < -0.39 is 0 Å². The van der Waals surface area contributed by atoms with Crippen molar-refractivity contribution in [3.63, 3.8) is 0 Å². The lowest BCUT2D eigenvalue weighted by molar-refractivity contribution is 0.266. The zero-order chi connectivity index (χ0) is 23.0. The molecule has 0 aromatic heterocycles. The molecule has 4 nitrogen and oxygen atoms in total. The highest BCUT2D eigenvalue weighted by atomic mass is 16.5. The fourth-order valence-corrected chi connectivity index (χ4v) is 3.61. The van der Waals surface area contributed by atoms with Gasteiger partial charge in [0.1, 0.15) is 11.5 Å². The third-order valence-corrected chi connectivity index (χ3v) is 5.59. The van der Waals surface area contributed by atoms with Gasteiger partial charge in [-0.1, -0.05) is 39.5 Å². The van der Waals surface area contributed by atoms with Crippen molar-refractivity contribution >= 4 is 11.4 Å². The van der Waals surface area contributed by atoms with Crippen LogP contribution in [0.2, 0.25) is 0 Å². The molecule has 0 bridgehead atoms. The predicted molar refractivity (Wildman–Crippen MR) is 138 cm³/mol. The van der Waals surface area contributed by atoms with Gasteiger partial charge in [-0.25, -0.2) is 0 Å². The average Bonchev–Trinajstić information content (AvgIpc) is 2.80. The van der Waals surface area contributed by atoms with Gasteiger partial charge in [0.2, 0.25) is 0 Å². The van der Waals surface area contributed by atoms with Crippen molar-refractivity contribution in [3.05, 3.63) is 48.5 Å². The molecule has 0 spiro atoms. The van der Waals surface area contributed by atoms with E-state index in [9.17, 15) is 0 Å². The van der Waals surface area contributed by atoms with E-state index in [1.54, 1.807) is 0 Å². The second-order valence-electron chi connectivity index (χ2n) is 8.83. The fourth-order valence-electron chi connectivity index (χ4n) is 3.61. The molecule has 0 amide bonds. The Balaban J connectivity index is 1.57. The molecule has 0 heterocycles. The summed E-state index contributed by atoms with van der Waals surface area (Å²) in [4.78, 5) is 0. The van der Waals surface area contributed by atoms with E-state index in [-0.39, 0.29) is 0 Å². The Bertz CT molecular complexity index is 652. The summed E-state index contributed by atoms with van der Waals surface area (Å²) in [5.41, 5.74) is 2.32. The predicted octanol–water partition coefficient (Wildman–Crippen LogP) is 7.91. The third kappa shape index (κ3) is 10.8. The van der Waals surface area contributed by atoms with E-state index in [0.29, 0.717) is 25.3 Å². The summed E-state index contributed by atoms with van der Waals surface area (Å²) in [6.07, 6.45) is 9.37. The van der Waals surface area contributed by atoms with Crippen molar-refractivity contribution in [2.45, 2.75) is 91.1 Å². The lowest BCUT2D eigenvalue weighted by Crippen LogP contribution is -2.14. The van der Waals surface area contributed by atoms with Gasteiger partial charge in [-0.05, 0) is 88.1 Å². The van der Waals surface area contributed by atoms with Crippen molar-refractivity contribution < 1.29 is 9.47 Å². The molecule has 2 N–H and O–H groups in total. The van der Waals surface area contributed by atoms with Gasteiger partial charge in [-0.2, -0.15) is 0 Å². The normalized spacial score (nSPS) is 12.8. The van der Waals surface area contributed by atoms with Crippen LogP contribution in [0.3, 0.4) is 0 Å². The first-order valence-corrected chi connectivity index (χ1v) is 12.6. The van der Waals surface area contributed by atoms with E-state index in [2.05, 4.69) is 62.6 Å². The lowest BCUT2D eigenvalue weighted by atomic mass is 10.1. The Morgan fingerprint density at radius 1 is 0.594 bits per heavy atom. The zero-order valence-corrected chi connectivity index (χ0v) is 20.7. The smallest absolute Gasteiger partial charge is 0.119 e. The second kappa shape index (κ2) is 15.4. The molecule has 0 aliphatic carbocycles. The van der Waals surface area contributed by atoms with Crippen LogP contribution in [0.15, 0.2) is 48.5 Å². The number of ether oxygens (including phenoxy) is 2. The van der Waals surface area contributed by atoms with Crippen LogP contribution in [0, 0.1) is 0 Å². The number of nitrogens with one attached hydrogen (secondary N) is 2. The summed E-state index contributed by atoms with van der Waals surface area (Å²) in [5, 5.41) is 7.10. The molecule has 2 atom stereocenters. The van der Waals surface area contributed by atoms with Crippen LogP contribution in [0.1, 0.15) is 79.1 Å². The zero-order valence-electron chi connectivity index (χ0n) is 20.7. The first kappa shape index (κ1) is 25.9. The van der Waals surface area contributed by atoms with E-state index in [1.807, 2.05) is 24.3 Å². The maximum Gasteiger partial charge on any atom is 0.119 e. The Morgan fingerprint density at radius 2 is 0.969 bits per heavy atom. The van der Waals surface area contributed by atoms with Crippen LogP contribution in [-0.2, 0) is 0 Å². The van der Waals surface area contributed by atoms with Crippen molar-refractivity contribution in [1.82, 2.24) is 0 Å². The summed E-state index contributed by atoms with van der Waals surface area (Å²) < 4.78 is 11.7. The molecule has 2 aromatic carbocycles. The van der Waals surface area contributed by atoms with Gasteiger partial charge in [-0.3, -0.25) is 0 Å². The van der Waals surface area contributed by atoms with Gasteiger partial charge in [0.05, 0.1) is 13.2 Å². The molecule has 2 unspecified atom stereocenters. The molecular weight excluding hydrogens is 396 g/mol. The van der Waals surface area contributed by atoms with Crippen LogP contribution >= 0.6 is 0 Å². The Kier molecular flexibility index (Phi) is 12.5. The number of hydrogen-bond donors (Lipinski definition) is 2. The minimum atomic E-state index is 0.503. The van der Waals surface area contributed by atoms with Crippen LogP contribution in [0.25, 0.3) is 0 Å². The second-order valence-corrected chi connectivity index (χ2v) is 8.83. The number of benzene rings is 2. The minimum Gasteiger partial charge on any atom is -0.494 e. The molecule has 32 heavy (non-hydrogen) atoms. The molecule has 0 aliphatic rings. The van der Waals surface area contributed by atoms with Gasteiger partial charge < -0.3 is 20.1 Å². The van der Waals surface area contributed by atoms with Crippen molar-refractivity contribution in [2.24, 2.45) is 0 Å². The summed E-state index contributed by atoms with van der Waals surface area (Å²) in [6, 6.07) is 17.6. The Hall–Kier alpha value is -2.36. The quantitative estimate of drug-likeness (QED) is 0.245. The molecule has 4 heteroatoms. The van der Waals surface area contributed by atoms with Crippen LogP contribution in [-0.4, -0.2) is 25.3 Å². The summed E-state index contributed by atoms with van der Waals surface area (Å²) in [6.45, 7) is 10.4. The van der Waals surface area contributed by atoms with Gasteiger partial charge in [0.25, 0.3) is 0 Å². The molecule has 0 fully saturated rings. The highest BCUT2D eigenvalue weighted by Crippen LogP contribution is 2.19. The highest BCUT2D eigenvalue weighted by Gasteiger charge is 2.03. The van der Waals surface area contributed by atoms with E-state index in [1.165, 1.54) is 38.5 Å². The molecule has 2 aromatic rings. The fraction of sp³-hybridized carbons (Fsp3) is 0.571. The molecule has 0 saturated carbocycles. The van der Waals surface area contributed by atoms with Gasteiger partial charge in [-0.15, -0.1) is 0 Å². The summed E-state index contributed by atoms with van der Waals surface area (Å²) in [7, 11) is 0. The summed E-state index contributed by atoms with van der Waals surface area (Å²) in [5.74, 6) is 1.85. The number of rotatable bonds is 17. The first-order valence-electron chi connectivity index (χ1n) is 12.6. The third-order valence-electron chi connectivity index (χ3n) is 5.59. The lowest BCUT2D eigenvalue weighted by Gasteiger charge is -2.15. The monoisotopic (exact) mass is 440 g/mol. The highest BCUT2D eigenvalue weighted by molar-refractivity contribution is 5.47. The first-order chi connectivity index (χ1) is 15.6. The van der Waals surface area contributed by atoms with Crippen molar-refractivity contribution in [3.8, 4) is 11.5 Å². The molecule has 0 aliphatic heterocycles. The van der Waals surface area contributed by atoms with E-state index in [0.717, 1.165) is 35.7 Å². The molecule has 0 saturated heterocycles. The largest absolute Gasteiger partial charge is 0.494 e. The Morgan fingerprint density at radius 3 is 1.31 bits per heavy atom. The average molecular weight is 441 g/mol. The van der Waals surface area contributed by atoms with Gasteiger partial charge in [0, 0.05) is 23.5 Å². The molecule has 0 radical (unpaired) electrons. The van der Waals surface area contributed by atoms with E-state index >= 15 is 0 Å². The summed E-state index contributed by atoms with van der Waals surface area (Å²) >= 11 is 0. The minimum absolute atomic E-state index is 0.503.